The fourth-order valence-electron chi connectivity index (χ4n) is 1.93. The Morgan fingerprint density at radius 2 is 2.00 bits per heavy atom. The minimum absolute atomic E-state index is 0.273. The highest BCUT2D eigenvalue weighted by atomic mass is 16.1. The maximum absolute atomic E-state index is 10.9. The summed E-state index contributed by atoms with van der Waals surface area (Å²) in [7, 11) is 0. The number of nitrogens with one attached hydrogen (secondary N) is 1. The molecule has 18 heavy (non-hydrogen) atoms. The van der Waals surface area contributed by atoms with E-state index >= 15 is 0 Å². The third-order valence-electron chi connectivity index (χ3n) is 2.86. The second-order valence-corrected chi connectivity index (χ2v) is 4.07. The van der Waals surface area contributed by atoms with Crippen LogP contribution in [0.1, 0.15) is 10.5 Å². The number of rotatable bonds is 2. The van der Waals surface area contributed by atoms with Crippen molar-refractivity contribution in [1.29, 1.82) is 0 Å². The van der Waals surface area contributed by atoms with Crippen molar-refractivity contribution in [3.63, 3.8) is 0 Å². The first-order chi connectivity index (χ1) is 8.74. The van der Waals surface area contributed by atoms with Gasteiger partial charge in [-0.2, -0.15) is 0 Å². The van der Waals surface area contributed by atoms with Crippen molar-refractivity contribution in [2.45, 2.75) is 0 Å². The number of hydrogen-bond acceptors (Lipinski definition) is 2. The van der Waals surface area contributed by atoms with Gasteiger partial charge in [0.1, 0.15) is 5.69 Å². The Morgan fingerprint density at radius 3 is 2.67 bits per heavy atom. The van der Waals surface area contributed by atoms with Gasteiger partial charge in [0.2, 0.25) is 0 Å². The Balaban J connectivity index is 2.06. The van der Waals surface area contributed by atoms with Gasteiger partial charge in [0.15, 0.2) is 0 Å². The average molecular weight is 237 g/mol. The van der Waals surface area contributed by atoms with Crippen molar-refractivity contribution in [2.24, 2.45) is 5.73 Å². The van der Waals surface area contributed by atoms with Gasteiger partial charge in [-0.05, 0) is 24.3 Å². The van der Waals surface area contributed by atoms with Gasteiger partial charge in [-0.15, -0.1) is 0 Å². The van der Waals surface area contributed by atoms with Gasteiger partial charge >= 0.3 is 0 Å². The first-order valence-electron chi connectivity index (χ1n) is 5.58. The first kappa shape index (κ1) is 10.5. The number of carbonyl (C=O) groups excluding carboxylic acids is 1. The lowest BCUT2D eigenvalue weighted by Gasteiger charge is -1.98. The van der Waals surface area contributed by atoms with E-state index in [9.17, 15) is 4.79 Å². The molecule has 0 fully saturated rings. The Hall–Kier alpha value is -2.62. The fraction of sp³-hybridized carbons (Fsp3) is 0. The maximum Gasteiger partial charge on any atom is 0.267 e. The van der Waals surface area contributed by atoms with Crippen LogP contribution in [0.4, 0.5) is 0 Å². The molecular formula is C14H11N3O. The second-order valence-electron chi connectivity index (χ2n) is 4.07. The number of hydrogen-bond donors (Lipinski definition) is 2. The molecule has 0 aliphatic carbocycles. The van der Waals surface area contributed by atoms with Crippen molar-refractivity contribution in [1.82, 2.24) is 9.97 Å². The van der Waals surface area contributed by atoms with E-state index < -0.39 is 5.91 Å². The van der Waals surface area contributed by atoms with E-state index in [0.717, 1.165) is 22.2 Å². The normalized spacial score (nSPS) is 10.7. The summed E-state index contributed by atoms with van der Waals surface area (Å²) in [5, 5.41) is 1.14. The zero-order valence-corrected chi connectivity index (χ0v) is 9.55. The van der Waals surface area contributed by atoms with Gasteiger partial charge in [-0.1, -0.05) is 18.2 Å². The van der Waals surface area contributed by atoms with Crippen LogP contribution >= 0.6 is 0 Å². The van der Waals surface area contributed by atoms with Crippen LogP contribution in [0.5, 0.6) is 0 Å². The third kappa shape index (κ3) is 1.73. The number of para-hydroxylation sites is 1. The van der Waals surface area contributed by atoms with Gasteiger partial charge in [0.25, 0.3) is 5.91 Å². The quantitative estimate of drug-likeness (QED) is 0.718. The highest BCUT2D eigenvalue weighted by Gasteiger charge is 2.05. The molecule has 88 valence electrons. The fourth-order valence-corrected chi connectivity index (χ4v) is 1.93. The van der Waals surface area contributed by atoms with Crippen LogP contribution in [0.25, 0.3) is 22.2 Å². The number of carbonyl (C=O) groups is 1. The number of H-pyrrole nitrogens is 1. The summed E-state index contributed by atoms with van der Waals surface area (Å²) < 4.78 is 0. The van der Waals surface area contributed by atoms with Crippen LogP contribution in [-0.2, 0) is 0 Å². The summed E-state index contributed by atoms with van der Waals surface area (Å²) in [6.07, 6.45) is 1.64. The smallest absolute Gasteiger partial charge is 0.267 e. The largest absolute Gasteiger partial charge is 0.364 e. The van der Waals surface area contributed by atoms with Crippen LogP contribution in [0.3, 0.4) is 0 Å². The number of amides is 1. The average Bonchev–Trinajstić information content (AvgIpc) is 2.82. The lowest BCUT2D eigenvalue weighted by molar-refractivity contribution is 0.0995. The van der Waals surface area contributed by atoms with E-state index in [1.165, 1.54) is 0 Å². The van der Waals surface area contributed by atoms with Crippen molar-refractivity contribution in [3.05, 3.63) is 54.4 Å². The number of nitrogens with zero attached hydrogens (tertiary/aromatic N) is 1. The van der Waals surface area contributed by atoms with Gasteiger partial charge in [-0.3, -0.25) is 9.78 Å². The van der Waals surface area contributed by atoms with Crippen LogP contribution in [0.2, 0.25) is 0 Å². The van der Waals surface area contributed by atoms with E-state index in [4.69, 9.17) is 5.73 Å². The molecule has 0 saturated heterocycles. The number of benzene rings is 1. The topological polar surface area (TPSA) is 71.8 Å². The number of nitrogens with two attached hydrogens (primary N) is 1. The Morgan fingerprint density at radius 1 is 1.17 bits per heavy atom. The van der Waals surface area contributed by atoms with Gasteiger partial charge in [0, 0.05) is 28.4 Å². The molecular weight excluding hydrogens is 226 g/mol. The molecule has 1 aromatic carbocycles. The summed E-state index contributed by atoms with van der Waals surface area (Å²) in [6.45, 7) is 0. The molecule has 0 spiro atoms. The van der Waals surface area contributed by atoms with Crippen LogP contribution in [0.15, 0.2) is 48.7 Å². The molecule has 0 unspecified atom stereocenters. The zero-order valence-electron chi connectivity index (χ0n) is 9.55. The molecule has 4 heteroatoms. The monoisotopic (exact) mass is 237 g/mol. The van der Waals surface area contributed by atoms with Gasteiger partial charge < -0.3 is 10.7 Å². The Kier molecular flexibility index (Phi) is 2.34. The second kappa shape index (κ2) is 4.00. The SMILES string of the molecule is NC(=O)c1ccc(-c2cc3ccccc3[nH]2)cn1. The van der Waals surface area contributed by atoms with Crippen molar-refractivity contribution in [3.8, 4) is 11.3 Å². The lowest BCUT2D eigenvalue weighted by atomic mass is 10.2. The van der Waals surface area contributed by atoms with Crippen LogP contribution in [-0.4, -0.2) is 15.9 Å². The van der Waals surface area contributed by atoms with Crippen molar-refractivity contribution >= 4 is 16.8 Å². The third-order valence-corrected chi connectivity index (χ3v) is 2.86. The van der Waals surface area contributed by atoms with Crippen LogP contribution < -0.4 is 5.73 Å². The number of pyridine rings is 1. The molecule has 4 nitrogen and oxygen atoms in total. The number of primary amides is 1. The summed E-state index contributed by atoms with van der Waals surface area (Å²) in [5.41, 5.74) is 8.40. The van der Waals surface area contributed by atoms with Gasteiger partial charge in [0.05, 0.1) is 0 Å². The summed E-state index contributed by atoms with van der Waals surface area (Å²) in [6, 6.07) is 13.5. The minimum Gasteiger partial charge on any atom is -0.364 e. The molecule has 2 aromatic heterocycles. The predicted octanol–water partition coefficient (Wildman–Crippen LogP) is 2.33. The summed E-state index contributed by atoms with van der Waals surface area (Å²) in [4.78, 5) is 18.3. The van der Waals surface area contributed by atoms with E-state index in [0.29, 0.717) is 0 Å². The Bertz CT molecular complexity index is 680. The number of fused-ring (bicyclic) bond motifs is 1. The molecule has 3 rings (SSSR count). The van der Waals surface area contributed by atoms with Gasteiger partial charge in [-0.25, -0.2) is 0 Å². The molecule has 3 aromatic rings. The van der Waals surface area contributed by atoms with E-state index in [-0.39, 0.29) is 5.69 Å². The molecule has 3 N–H and O–H groups in total. The molecule has 0 aliphatic rings. The minimum atomic E-state index is -0.516. The highest BCUT2D eigenvalue weighted by Crippen LogP contribution is 2.23. The number of aromatic amines is 1. The molecule has 2 heterocycles. The molecule has 1 amide bonds. The zero-order chi connectivity index (χ0) is 12.5. The number of aromatic nitrogens is 2. The molecule has 0 aliphatic heterocycles. The van der Waals surface area contributed by atoms with Crippen molar-refractivity contribution < 1.29 is 4.79 Å². The molecule has 0 saturated carbocycles. The molecule has 0 radical (unpaired) electrons. The first-order valence-corrected chi connectivity index (χ1v) is 5.58. The summed E-state index contributed by atoms with van der Waals surface area (Å²) in [5.74, 6) is -0.516. The summed E-state index contributed by atoms with van der Waals surface area (Å²) >= 11 is 0. The standard InChI is InChI=1S/C14H11N3O/c15-14(18)12-6-5-10(8-16-12)13-7-9-3-1-2-4-11(9)17-13/h1-8,17H,(H2,15,18). The highest BCUT2D eigenvalue weighted by molar-refractivity contribution is 5.91. The maximum atomic E-state index is 10.9. The van der Waals surface area contributed by atoms with Crippen molar-refractivity contribution in [2.75, 3.05) is 0 Å². The van der Waals surface area contributed by atoms with E-state index in [1.54, 1.807) is 12.3 Å². The molecule has 0 bridgehead atoms. The van der Waals surface area contributed by atoms with E-state index in [1.807, 2.05) is 30.3 Å². The predicted molar refractivity (Wildman–Crippen MR) is 70.0 cm³/mol. The lowest BCUT2D eigenvalue weighted by Crippen LogP contribution is -2.12. The van der Waals surface area contributed by atoms with E-state index in [2.05, 4.69) is 16.0 Å². The van der Waals surface area contributed by atoms with Crippen LogP contribution in [0, 0.1) is 0 Å². The Labute approximate surface area is 103 Å². The molecule has 0 atom stereocenters.